The van der Waals surface area contributed by atoms with Crippen LogP contribution in [0.3, 0.4) is 0 Å². The van der Waals surface area contributed by atoms with Crippen LogP contribution in [-0.2, 0) is 11.2 Å². The fraction of sp³-hybridized carbons (Fsp3) is 0.500. The Labute approximate surface area is 185 Å². The molecule has 2 aromatic rings. The molecule has 0 bridgehead atoms. The average Bonchev–Trinajstić information content (AvgIpc) is 3.44. The zero-order chi connectivity index (χ0) is 21.6. The molecule has 4 rings (SSSR count). The van der Waals surface area contributed by atoms with Gasteiger partial charge in [-0.25, -0.2) is 5.43 Å². The van der Waals surface area contributed by atoms with Crippen molar-refractivity contribution in [1.29, 1.82) is 0 Å². The van der Waals surface area contributed by atoms with Crippen molar-refractivity contribution >= 4 is 28.9 Å². The number of amides is 2. The maximum atomic E-state index is 12.7. The van der Waals surface area contributed by atoms with E-state index < -0.39 is 0 Å². The number of furan rings is 1. The Morgan fingerprint density at radius 3 is 2.84 bits per heavy atom. The quantitative estimate of drug-likeness (QED) is 0.505. The number of nitrogens with zero attached hydrogens (tertiary/aromatic N) is 2. The van der Waals surface area contributed by atoms with Gasteiger partial charge in [0.25, 0.3) is 11.8 Å². The van der Waals surface area contributed by atoms with Gasteiger partial charge in [0.1, 0.15) is 5.76 Å². The highest BCUT2D eigenvalue weighted by atomic mass is 32.1. The van der Waals surface area contributed by atoms with Gasteiger partial charge in [0.15, 0.2) is 5.76 Å². The molecule has 0 unspecified atom stereocenters. The van der Waals surface area contributed by atoms with Gasteiger partial charge in [-0.15, -0.1) is 11.3 Å². The summed E-state index contributed by atoms with van der Waals surface area (Å²) >= 11 is 1.37. The maximum absolute atomic E-state index is 12.7. The molecule has 3 heterocycles. The van der Waals surface area contributed by atoms with Gasteiger partial charge in [-0.05, 0) is 44.2 Å². The molecule has 0 spiro atoms. The highest BCUT2D eigenvalue weighted by Gasteiger charge is 2.28. The van der Waals surface area contributed by atoms with Gasteiger partial charge in [0, 0.05) is 37.2 Å². The van der Waals surface area contributed by atoms with Gasteiger partial charge >= 0.3 is 0 Å². The first-order valence-corrected chi connectivity index (χ1v) is 11.6. The van der Waals surface area contributed by atoms with Crippen LogP contribution in [0.1, 0.15) is 56.4 Å². The molecule has 9 heteroatoms. The summed E-state index contributed by atoms with van der Waals surface area (Å²) in [6.07, 6.45) is 3.25. The van der Waals surface area contributed by atoms with E-state index in [0.717, 1.165) is 81.1 Å². The van der Waals surface area contributed by atoms with Crippen LogP contribution in [0.25, 0.3) is 0 Å². The SMILES string of the molecule is Cc1c(C(=O)NCCCN2CCOCC2)oc2c1/C(=N/NC(=O)c1cccs1)CCC2. The molecule has 2 aliphatic rings. The van der Waals surface area contributed by atoms with Gasteiger partial charge in [-0.3, -0.25) is 14.5 Å². The van der Waals surface area contributed by atoms with E-state index in [2.05, 4.69) is 20.7 Å². The molecule has 2 N–H and O–H groups in total. The summed E-state index contributed by atoms with van der Waals surface area (Å²) in [4.78, 5) is 27.9. The van der Waals surface area contributed by atoms with Crippen LogP contribution >= 0.6 is 11.3 Å². The number of thiophene rings is 1. The number of nitrogens with one attached hydrogen (secondary N) is 2. The van der Waals surface area contributed by atoms with Crippen molar-refractivity contribution in [2.45, 2.75) is 32.6 Å². The molecule has 1 aliphatic carbocycles. The molecular formula is C22H28N4O4S. The normalized spacial score (nSPS) is 18.0. The summed E-state index contributed by atoms with van der Waals surface area (Å²) < 4.78 is 11.3. The van der Waals surface area contributed by atoms with E-state index in [0.29, 0.717) is 17.2 Å². The number of ether oxygens (including phenoxy) is 1. The predicted octanol–water partition coefficient (Wildman–Crippen LogP) is 2.57. The van der Waals surface area contributed by atoms with Crippen molar-refractivity contribution < 1.29 is 18.7 Å². The molecule has 1 saturated heterocycles. The van der Waals surface area contributed by atoms with Crippen molar-refractivity contribution in [1.82, 2.24) is 15.6 Å². The molecule has 0 radical (unpaired) electrons. The zero-order valence-electron chi connectivity index (χ0n) is 17.7. The van der Waals surface area contributed by atoms with Gasteiger partial charge in [0.05, 0.1) is 23.8 Å². The minimum Gasteiger partial charge on any atom is -0.455 e. The van der Waals surface area contributed by atoms with E-state index in [9.17, 15) is 9.59 Å². The number of hydrogen-bond donors (Lipinski definition) is 2. The van der Waals surface area contributed by atoms with Gasteiger partial charge < -0.3 is 14.5 Å². The summed E-state index contributed by atoms with van der Waals surface area (Å²) in [5.74, 6) is 0.687. The summed E-state index contributed by atoms with van der Waals surface area (Å²) in [5.41, 5.74) is 5.04. The number of carbonyl (C=O) groups is 2. The molecule has 0 atom stereocenters. The van der Waals surface area contributed by atoms with Crippen molar-refractivity contribution in [3.8, 4) is 0 Å². The average molecular weight is 445 g/mol. The van der Waals surface area contributed by atoms with E-state index in [1.54, 1.807) is 6.07 Å². The highest BCUT2D eigenvalue weighted by Crippen LogP contribution is 2.29. The second kappa shape index (κ2) is 10.2. The van der Waals surface area contributed by atoms with E-state index in [1.807, 2.05) is 18.4 Å². The van der Waals surface area contributed by atoms with E-state index in [1.165, 1.54) is 11.3 Å². The van der Waals surface area contributed by atoms with E-state index in [-0.39, 0.29) is 11.8 Å². The number of hydrazone groups is 1. The monoisotopic (exact) mass is 444 g/mol. The molecule has 0 saturated carbocycles. The lowest BCUT2D eigenvalue weighted by atomic mass is 9.93. The van der Waals surface area contributed by atoms with Crippen LogP contribution in [0.2, 0.25) is 0 Å². The highest BCUT2D eigenvalue weighted by molar-refractivity contribution is 7.12. The Hall–Kier alpha value is -2.49. The van der Waals surface area contributed by atoms with E-state index >= 15 is 0 Å². The lowest BCUT2D eigenvalue weighted by Gasteiger charge is -2.26. The summed E-state index contributed by atoms with van der Waals surface area (Å²) in [6.45, 7) is 6.87. The van der Waals surface area contributed by atoms with E-state index in [4.69, 9.17) is 9.15 Å². The van der Waals surface area contributed by atoms with Crippen LogP contribution in [-0.4, -0.2) is 61.8 Å². The number of hydrogen-bond acceptors (Lipinski definition) is 7. The molecule has 166 valence electrons. The fourth-order valence-electron chi connectivity index (χ4n) is 3.99. The molecule has 1 aliphatic heterocycles. The number of carbonyl (C=O) groups excluding carboxylic acids is 2. The Kier molecular flexibility index (Phi) is 7.16. The first-order valence-electron chi connectivity index (χ1n) is 10.7. The molecule has 0 aromatic carbocycles. The number of rotatable bonds is 7. The van der Waals surface area contributed by atoms with Crippen LogP contribution in [0.4, 0.5) is 0 Å². The first kappa shape index (κ1) is 21.7. The fourth-order valence-corrected chi connectivity index (χ4v) is 4.60. The van der Waals surface area contributed by atoms with Crippen LogP contribution in [0.15, 0.2) is 27.0 Å². The third-order valence-corrected chi connectivity index (χ3v) is 6.48. The molecule has 2 amide bonds. The standard InChI is InChI=1S/C22H28N4O4S/c1-15-19-16(24-25-21(27)18-7-3-14-31-18)5-2-6-17(19)30-20(15)22(28)23-8-4-9-26-10-12-29-13-11-26/h3,7,14H,2,4-6,8-13H2,1H3,(H,23,28)(H,25,27)/b24-16+. The van der Waals surface area contributed by atoms with Gasteiger partial charge in [-0.2, -0.15) is 5.10 Å². The predicted molar refractivity (Wildman–Crippen MR) is 119 cm³/mol. The minimum absolute atomic E-state index is 0.198. The summed E-state index contributed by atoms with van der Waals surface area (Å²) in [5, 5.41) is 9.18. The molecule has 2 aromatic heterocycles. The molecular weight excluding hydrogens is 416 g/mol. The van der Waals surface area contributed by atoms with Gasteiger partial charge in [0.2, 0.25) is 0 Å². The van der Waals surface area contributed by atoms with Crippen molar-refractivity contribution in [3.05, 3.63) is 45.0 Å². The number of morpholine rings is 1. The maximum Gasteiger partial charge on any atom is 0.287 e. The third kappa shape index (κ3) is 5.23. The Morgan fingerprint density at radius 2 is 2.06 bits per heavy atom. The van der Waals surface area contributed by atoms with Gasteiger partial charge in [-0.1, -0.05) is 6.07 Å². The lowest BCUT2D eigenvalue weighted by molar-refractivity contribution is 0.0374. The summed E-state index contributed by atoms with van der Waals surface area (Å²) in [7, 11) is 0. The smallest absolute Gasteiger partial charge is 0.287 e. The Morgan fingerprint density at radius 1 is 1.23 bits per heavy atom. The second-order valence-electron chi connectivity index (χ2n) is 7.75. The van der Waals surface area contributed by atoms with Crippen LogP contribution in [0, 0.1) is 6.92 Å². The summed E-state index contributed by atoms with van der Waals surface area (Å²) in [6, 6.07) is 3.59. The zero-order valence-corrected chi connectivity index (χ0v) is 18.6. The van der Waals surface area contributed by atoms with Crippen molar-refractivity contribution in [2.24, 2.45) is 5.10 Å². The Balaban J connectivity index is 1.37. The third-order valence-electron chi connectivity index (χ3n) is 5.61. The Bertz CT molecular complexity index is 945. The molecule has 31 heavy (non-hydrogen) atoms. The van der Waals surface area contributed by atoms with Crippen LogP contribution < -0.4 is 10.7 Å². The lowest BCUT2D eigenvalue weighted by Crippen LogP contribution is -2.38. The van der Waals surface area contributed by atoms with Crippen LogP contribution in [0.5, 0.6) is 0 Å². The number of fused-ring (bicyclic) bond motifs is 1. The molecule has 1 fully saturated rings. The first-order chi connectivity index (χ1) is 15.1. The van der Waals surface area contributed by atoms with Crippen molar-refractivity contribution in [2.75, 3.05) is 39.4 Å². The topological polar surface area (TPSA) is 96.2 Å². The minimum atomic E-state index is -0.228. The second-order valence-corrected chi connectivity index (χ2v) is 8.70. The number of aryl methyl sites for hydroxylation is 1. The largest absolute Gasteiger partial charge is 0.455 e. The van der Waals surface area contributed by atoms with Crippen molar-refractivity contribution in [3.63, 3.8) is 0 Å². The molecule has 8 nitrogen and oxygen atoms in total.